The highest BCUT2D eigenvalue weighted by Gasteiger charge is 2.13. The van der Waals surface area contributed by atoms with Crippen molar-refractivity contribution in [1.82, 2.24) is 0 Å². The number of hydrogen-bond donors (Lipinski definition) is 0. The van der Waals surface area contributed by atoms with Crippen LogP contribution in [0.2, 0.25) is 0 Å². The van der Waals surface area contributed by atoms with Crippen molar-refractivity contribution in [2.24, 2.45) is 0 Å². The molecule has 0 saturated heterocycles. The predicted octanol–water partition coefficient (Wildman–Crippen LogP) is 3.47. The molecular formula is C8H10O2PS+. The lowest BCUT2D eigenvalue weighted by molar-refractivity contribution is 0.535. The van der Waals surface area contributed by atoms with Crippen LogP contribution in [0, 0.1) is 0 Å². The monoisotopic (exact) mass is 201 g/mol. The molecule has 0 aliphatic rings. The molecular weight excluding hydrogens is 191 g/mol. The highest BCUT2D eigenvalue weighted by Crippen LogP contribution is 2.32. The molecule has 0 saturated carbocycles. The van der Waals surface area contributed by atoms with Crippen molar-refractivity contribution in [3.8, 4) is 0 Å². The van der Waals surface area contributed by atoms with Crippen molar-refractivity contribution >= 4 is 20.1 Å². The fraction of sp³-hybridized carbons (Fsp3) is 0.250. The molecule has 1 rings (SSSR count). The van der Waals surface area contributed by atoms with Crippen molar-refractivity contribution in [2.45, 2.75) is 11.8 Å². The molecule has 0 aromatic heterocycles. The molecule has 1 atom stereocenters. The van der Waals surface area contributed by atoms with Crippen LogP contribution >= 0.6 is 20.1 Å². The number of rotatable bonds is 4. The maximum absolute atomic E-state index is 10.9. The van der Waals surface area contributed by atoms with Crippen molar-refractivity contribution in [1.29, 1.82) is 0 Å². The molecule has 0 aliphatic heterocycles. The van der Waals surface area contributed by atoms with E-state index in [0.717, 1.165) is 4.90 Å². The Balaban J connectivity index is 2.38. The Labute approximate surface area is 77.4 Å². The molecule has 1 aromatic carbocycles. The Morgan fingerprint density at radius 2 is 2.08 bits per heavy atom. The average molecular weight is 201 g/mol. The molecule has 0 bridgehead atoms. The van der Waals surface area contributed by atoms with Gasteiger partial charge in [-0.2, -0.15) is 0 Å². The van der Waals surface area contributed by atoms with Gasteiger partial charge < -0.3 is 0 Å². The third-order valence-corrected chi connectivity index (χ3v) is 3.16. The molecule has 0 spiro atoms. The zero-order valence-corrected chi connectivity index (χ0v) is 8.48. The average Bonchev–Trinajstić information content (AvgIpc) is 2.16. The second-order valence-electron chi connectivity index (χ2n) is 2.12. The summed E-state index contributed by atoms with van der Waals surface area (Å²) in [6.45, 7) is 1.84. The van der Waals surface area contributed by atoms with E-state index in [1.807, 2.05) is 37.3 Å². The van der Waals surface area contributed by atoms with Gasteiger partial charge in [-0.05, 0) is 23.6 Å². The van der Waals surface area contributed by atoms with Crippen molar-refractivity contribution in [3.63, 3.8) is 0 Å². The second-order valence-corrected chi connectivity index (χ2v) is 4.65. The van der Waals surface area contributed by atoms with Gasteiger partial charge >= 0.3 is 8.03 Å². The number of benzene rings is 1. The Morgan fingerprint density at radius 3 is 2.67 bits per heavy atom. The van der Waals surface area contributed by atoms with Gasteiger partial charge in [0.25, 0.3) is 0 Å². The van der Waals surface area contributed by atoms with Gasteiger partial charge in [0, 0.05) is 4.90 Å². The van der Waals surface area contributed by atoms with E-state index in [-0.39, 0.29) is 0 Å². The summed E-state index contributed by atoms with van der Waals surface area (Å²) < 4.78 is 15.9. The summed E-state index contributed by atoms with van der Waals surface area (Å²) in [7, 11) is -1.49. The standard InChI is InChI=1S/C8H10O2PS/c1-2-11(9)10-12-8-6-4-3-5-7-8/h3-7H,2H2,1H3/q+1. The molecule has 0 amide bonds. The molecule has 12 heavy (non-hydrogen) atoms. The van der Waals surface area contributed by atoms with Crippen LogP contribution in [0.5, 0.6) is 0 Å². The molecule has 1 unspecified atom stereocenters. The maximum Gasteiger partial charge on any atom is 0.520 e. The SMILES string of the molecule is CC[P+](=O)OSc1ccccc1. The van der Waals surface area contributed by atoms with Gasteiger partial charge in [0.2, 0.25) is 0 Å². The summed E-state index contributed by atoms with van der Waals surface area (Å²) in [6.07, 6.45) is 0.565. The topological polar surface area (TPSA) is 26.3 Å². The van der Waals surface area contributed by atoms with Gasteiger partial charge in [-0.3, -0.25) is 0 Å². The molecule has 1 aromatic rings. The van der Waals surface area contributed by atoms with Crippen molar-refractivity contribution < 1.29 is 8.54 Å². The van der Waals surface area contributed by atoms with E-state index in [4.69, 9.17) is 3.97 Å². The molecule has 0 radical (unpaired) electrons. The zero-order chi connectivity index (χ0) is 8.81. The van der Waals surface area contributed by atoms with Gasteiger partial charge in [-0.1, -0.05) is 22.2 Å². The van der Waals surface area contributed by atoms with E-state index in [9.17, 15) is 4.57 Å². The van der Waals surface area contributed by atoms with Crippen LogP contribution in [0.25, 0.3) is 0 Å². The summed E-state index contributed by atoms with van der Waals surface area (Å²) in [5.74, 6) is 0. The van der Waals surface area contributed by atoms with E-state index < -0.39 is 8.03 Å². The Hall–Kier alpha value is -0.370. The fourth-order valence-corrected chi connectivity index (χ4v) is 1.98. The minimum Gasteiger partial charge on any atom is -0.0668 e. The molecule has 2 nitrogen and oxygen atoms in total. The van der Waals surface area contributed by atoms with Crippen LogP contribution in [0.3, 0.4) is 0 Å². The molecule has 0 aliphatic carbocycles. The van der Waals surface area contributed by atoms with Gasteiger partial charge in [0.15, 0.2) is 6.16 Å². The zero-order valence-electron chi connectivity index (χ0n) is 6.77. The smallest absolute Gasteiger partial charge is 0.0668 e. The molecule has 0 N–H and O–H groups in total. The normalized spacial score (nSPS) is 11.2. The predicted molar refractivity (Wildman–Crippen MR) is 51.5 cm³/mol. The summed E-state index contributed by atoms with van der Waals surface area (Å²) in [5.41, 5.74) is 0. The lowest BCUT2D eigenvalue weighted by atomic mass is 10.4. The first-order valence-corrected chi connectivity index (χ1v) is 5.77. The van der Waals surface area contributed by atoms with Crippen LogP contribution in [-0.2, 0) is 8.54 Å². The van der Waals surface area contributed by atoms with Gasteiger partial charge in [-0.15, -0.1) is 0 Å². The third-order valence-electron chi connectivity index (χ3n) is 1.22. The minimum absolute atomic E-state index is 0.565. The van der Waals surface area contributed by atoms with Crippen molar-refractivity contribution in [3.05, 3.63) is 30.3 Å². The van der Waals surface area contributed by atoms with Crippen molar-refractivity contribution in [2.75, 3.05) is 6.16 Å². The first-order chi connectivity index (χ1) is 5.83. The largest absolute Gasteiger partial charge is 0.520 e. The van der Waals surface area contributed by atoms with Crippen LogP contribution in [0.1, 0.15) is 6.92 Å². The molecule has 4 heteroatoms. The molecule has 0 heterocycles. The summed E-state index contributed by atoms with van der Waals surface area (Å²) in [4.78, 5) is 0.981. The second kappa shape index (κ2) is 5.31. The Kier molecular flexibility index (Phi) is 4.30. The third kappa shape index (κ3) is 3.35. The first-order valence-electron chi connectivity index (χ1n) is 3.67. The first kappa shape index (κ1) is 9.72. The summed E-state index contributed by atoms with van der Waals surface area (Å²) >= 11 is 1.17. The molecule has 0 fully saturated rings. The van der Waals surface area contributed by atoms with Gasteiger partial charge in [0.1, 0.15) is 0 Å². The number of hydrogen-bond acceptors (Lipinski definition) is 3. The van der Waals surface area contributed by atoms with E-state index in [1.54, 1.807) is 0 Å². The van der Waals surface area contributed by atoms with Crippen LogP contribution < -0.4 is 0 Å². The van der Waals surface area contributed by atoms with Gasteiger partial charge in [0.05, 0.1) is 12.0 Å². The van der Waals surface area contributed by atoms with Crippen LogP contribution in [0.4, 0.5) is 0 Å². The highest BCUT2D eigenvalue weighted by molar-refractivity contribution is 7.97. The lowest BCUT2D eigenvalue weighted by Crippen LogP contribution is -1.71. The lowest BCUT2D eigenvalue weighted by Gasteiger charge is -1.90. The minimum atomic E-state index is -1.49. The van der Waals surface area contributed by atoms with E-state index >= 15 is 0 Å². The van der Waals surface area contributed by atoms with E-state index in [0.29, 0.717) is 6.16 Å². The fourth-order valence-electron chi connectivity index (χ4n) is 0.613. The summed E-state index contributed by atoms with van der Waals surface area (Å²) in [5, 5.41) is 0. The van der Waals surface area contributed by atoms with E-state index in [2.05, 4.69) is 0 Å². The quantitative estimate of drug-likeness (QED) is 0.551. The van der Waals surface area contributed by atoms with Gasteiger partial charge in [-0.25, -0.2) is 0 Å². The van der Waals surface area contributed by atoms with Crippen LogP contribution in [-0.4, -0.2) is 6.16 Å². The molecule has 64 valence electrons. The Morgan fingerprint density at radius 1 is 1.42 bits per heavy atom. The van der Waals surface area contributed by atoms with E-state index in [1.165, 1.54) is 12.0 Å². The Bertz CT molecular complexity index is 250. The van der Waals surface area contributed by atoms with Crippen LogP contribution in [0.15, 0.2) is 35.2 Å². The highest BCUT2D eigenvalue weighted by atomic mass is 32.2. The maximum atomic E-state index is 10.9. The summed E-state index contributed by atoms with van der Waals surface area (Å²) in [6, 6.07) is 9.62.